The molecule has 4 nitrogen and oxygen atoms in total. The maximum absolute atomic E-state index is 5.76. The Morgan fingerprint density at radius 1 is 1.25 bits per heavy atom. The summed E-state index contributed by atoms with van der Waals surface area (Å²) in [4.78, 5) is 0. The van der Waals surface area contributed by atoms with Gasteiger partial charge in [-0.05, 0) is 48.4 Å². The topological polar surface area (TPSA) is 50.8 Å². The number of nitrogens with zero attached hydrogens (tertiary/aromatic N) is 2. The average molecular weight is 273 g/mol. The summed E-state index contributed by atoms with van der Waals surface area (Å²) in [5.74, 6) is 1.91. The van der Waals surface area contributed by atoms with Crippen LogP contribution in [0.25, 0.3) is 0 Å². The van der Waals surface area contributed by atoms with E-state index < -0.39 is 0 Å². The molecule has 0 bridgehead atoms. The number of aryl methyl sites for hydroxylation is 1. The molecule has 0 amide bonds. The Labute approximate surface area is 120 Å². The van der Waals surface area contributed by atoms with Crippen molar-refractivity contribution in [2.45, 2.75) is 40.0 Å². The van der Waals surface area contributed by atoms with Crippen LogP contribution in [0.1, 0.15) is 43.5 Å². The Bertz CT molecular complexity index is 535. The highest BCUT2D eigenvalue weighted by molar-refractivity contribution is 5.37. The number of hydrogen-bond acceptors (Lipinski definition) is 3. The van der Waals surface area contributed by atoms with E-state index in [-0.39, 0.29) is 0 Å². The number of ether oxygens (including phenoxy) is 1. The van der Waals surface area contributed by atoms with Crippen LogP contribution in [0, 0.1) is 12.8 Å². The molecule has 1 aromatic carbocycles. The summed E-state index contributed by atoms with van der Waals surface area (Å²) >= 11 is 0. The monoisotopic (exact) mass is 273 g/mol. The van der Waals surface area contributed by atoms with E-state index in [0.29, 0.717) is 11.8 Å². The Hall–Kier alpha value is -1.84. The average Bonchev–Trinajstić information content (AvgIpc) is 2.89. The van der Waals surface area contributed by atoms with E-state index in [0.717, 1.165) is 24.5 Å². The molecule has 1 atom stereocenters. The first kappa shape index (κ1) is 14.6. The third-order valence-electron chi connectivity index (χ3n) is 3.34. The van der Waals surface area contributed by atoms with Crippen molar-refractivity contribution in [1.82, 2.24) is 15.4 Å². The van der Waals surface area contributed by atoms with E-state index in [2.05, 4.69) is 61.3 Å². The molecular formula is C16H23N3O. The highest BCUT2D eigenvalue weighted by Gasteiger charge is 2.12. The fourth-order valence-corrected chi connectivity index (χ4v) is 2.30. The third kappa shape index (κ3) is 3.83. The lowest BCUT2D eigenvalue weighted by atomic mass is 9.92. The van der Waals surface area contributed by atoms with Gasteiger partial charge in [-0.25, -0.2) is 0 Å². The molecule has 0 aliphatic rings. The summed E-state index contributed by atoms with van der Waals surface area (Å²) in [5, 5.41) is 10.6. The molecule has 0 radical (unpaired) electrons. The second-order valence-electron chi connectivity index (χ2n) is 5.79. The predicted octanol–water partition coefficient (Wildman–Crippen LogP) is 3.49. The highest BCUT2D eigenvalue weighted by Crippen LogP contribution is 2.26. The summed E-state index contributed by atoms with van der Waals surface area (Å²) in [6.07, 6.45) is 2.68. The number of nitrogens with one attached hydrogen (secondary N) is 1. The molecule has 4 heteroatoms. The summed E-state index contributed by atoms with van der Waals surface area (Å²) in [6, 6.07) is 6.34. The molecule has 0 aliphatic heterocycles. The Morgan fingerprint density at radius 2 is 2.05 bits per heavy atom. The van der Waals surface area contributed by atoms with Gasteiger partial charge < -0.3 is 4.74 Å². The maximum atomic E-state index is 5.76. The number of rotatable bonds is 6. The second kappa shape index (κ2) is 6.55. The lowest BCUT2D eigenvalue weighted by Crippen LogP contribution is -2.06. The first-order valence-electron chi connectivity index (χ1n) is 7.14. The molecule has 20 heavy (non-hydrogen) atoms. The van der Waals surface area contributed by atoms with Crippen LogP contribution in [-0.4, -0.2) is 22.0 Å². The Morgan fingerprint density at radius 3 is 2.65 bits per heavy atom. The third-order valence-corrected chi connectivity index (χ3v) is 3.34. The number of aromatic amines is 1. The molecular weight excluding hydrogens is 250 g/mol. The molecule has 1 N–H and O–H groups in total. The smallest absolute Gasteiger partial charge is 0.119 e. The van der Waals surface area contributed by atoms with Gasteiger partial charge in [0.1, 0.15) is 5.75 Å². The zero-order valence-corrected chi connectivity index (χ0v) is 12.7. The van der Waals surface area contributed by atoms with Gasteiger partial charge in [-0.2, -0.15) is 15.4 Å². The summed E-state index contributed by atoms with van der Waals surface area (Å²) in [5.41, 5.74) is 3.60. The van der Waals surface area contributed by atoms with Crippen molar-refractivity contribution in [3.63, 3.8) is 0 Å². The van der Waals surface area contributed by atoms with Crippen molar-refractivity contribution in [3.8, 4) is 5.75 Å². The first-order chi connectivity index (χ1) is 9.56. The van der Waals surface area contributed by atoms with Crippen LogP contribution >= 0.6 is 0 Å². The van der Waals surface area contributed by atoms with Gasteiger partial charge >= 0.3 is 0 Å². The van der Waals surface area contributed by atoms with Crippen molar-refractivity contribution >= 4 is 0 Å². The van der Waals surface area contributed by atoms with Crippen LogP contribution in [0.4, 0.5) is 0 Å². The Kier molecular flexibility index (Phi) is 4.77. The highest BCUT2D eigenvalue weighted by atomic mass is 16.5. The molecule has 2 rings (SSSR count). The zero-order valence-electron chi connectivity index (χ0n) is 12.7. The normalized spacial score (nSPS) is 12.7. The van der Waals surface area contributed by atoms with E-state index in [9.17, 15) is 0 Å². The van der Waals surface area contributed by atoms with Crippen LogP contribution in [0.2, 0.25) is 0 Å². The molecule has 0 saturated heterocycles. The second-order valence-corrected chi connectivity index (χ2v) is 5.79. The van der Waals surface area contributed by atoms with Crippen molar-refractivity contribution in [2.75, 3.05) is 6.61 Å². The molecule has 0 saturated carbocycles. The molecule has 108 valence electrons. The van der Waals surface area contributed by atoms with Crippen molar-refractivity contribution in [3.05, 3.63) is 41.2 Å². The molecule has 2 aromatic rings. The van der Waals surface area contributed by atoms with Gasteiger partial charge in [0.2, 0.25) is 0 Å². The lowest BCUT2D eigenvalue weighted by Gasteiger charge is -2.15. The van der Waals surface area contributed by atoms with Gasteiger partial charge in [-0.3, -0.25) is 0 Å². The van der Waals surface area contributed by atoms with Crippen molar-refractivity contribution < 1.29 is 4.74 Å². The zero-order chi connectivity index (χ0) is 14.5. The number of benzene rings is 1. The van der Waals surface area contributed by atoms with Gasteiger partial charge in [0, 0.05) is 0 Å². The van der Waals surface area contributed by atoms with Crippen LogP contribution in [0.15, 0.2) is 24.4 Å². The van der Waals surface area contributed by atoms with Gasteiger partial charge in [0.25, 0.3) is 0 Å². The van der Waals surface area contributed by atoms with Crippen LogP contribution in [0.3, 0.4) is 0 Å². The molecule has 0 spiro atoms. The quantitative estimate of drug-likeness (QED) is 0.876. The molecule has 1 unspecified atom stereocenters. The molecule has 1 aromatic heterocycles. The van der Waals surface area contributed by atoms with Gasteiger partial charge in [0.15, 0.2) is 0 Å². The molecule has 1 heterocycles. The fraction of sp³-hybridized carbons (Fsp3) is 0.500. The van der Waals surface area contributed by atoms with Crippen LogP contribution < -0.4 is 4.74 Å². The number of H-pyrrole nitrogens is 1. The minimum Gasteiger partial charge on any atom is -0.493 e. The summed E-state index contributed by atoms with van der Waals surface area (Å²) in [6.45, 7) is 9.41. The number of hydrogen-bond donors (Lipinski definition) is 1. The maximum Gasteiger partial charge on any atom is 0.119 e. The van der Waals surface area contributed by atoms with Crippen molar-refractivity contribution in [2.24, 2.45) is 5.92 Å². The van der Waals surface area contributed by atoms with Crippen LogP contribution in [-0.2, 0) is 6.42 Å². The minimum absolute atomic E-state index is 0.416. The van der Waals surface area contributed by atoms with E-state index in [4.69, 9.17) is 4.74 Å². The van der Waals surface area contributed by atoms with Gasteiger partial charge in [0.05, 0.1) is 18.5 Å². The first-order valence-corrected chi connectivity index (χ1v) is 7.14. The number of aromatic nitrogens is 3. The van der Waals surface area contributed by atoms with E-state index in [1.54, 1.807) is 6.20 Å². The summed E-state index contributed by atoms with van der Waals surface area (Å²) in [7, 11) is 0. The SMILES string of the molecule is Cc1cc(OCC(C)C)ccc1C(C)Cc1cn[nH]n1. The molecule has 0 aliphatic carbocycles. The van der Waals surface area contributed by atoms with E-state index in [1.807, 2.05) is 0 Å². The minimum atomic E-state index is 0.416. The summed E-state index contributed by atoms with van der Waals surface area (Å²) < 4.78 is 5.76. The van der Waals surface area contributed by atoms with Crippen molar-refractivity contribution in [1.29, 1.82) is 0 Å². The van der Waals surface area contributed by atoms with Crippen LogP contribution in [0.5, 0.6) is 5.75 Å². The largest absolute Gasteiger partial charge is 0.493 e. The van der Waals surface area contributed by atoms with E-state index >= 15 is 0 Å². The fourth-order valence-electron chi connectivity index (χ4n) is 2.30. The predicted molar refractivity (Wildman–Crippen MR) is 80.0 cm³/mol. The standard InChI is InChI=1S/C16H23N3O/c1-11(2)10-20-15-5-6-16(13(4)8-15)12(3)7-14-9-17-19-18-14/h5-6,8-9,11-12H,7,10H2,1-4H3,(H,17,18,19). The van der Waals surface area contributed by atoms with Gasteiger partial charge in [-0.1, -0.05) is 26.8 Å². The Balaban J connectivity index is 2.05. The van der Waals surface area contributed by atoms with E-state index in [1.165, 1.54) is 11.1 Å². The molecule has 0 fully saturated rings. The lowest BCUT2D eigenvalue weighted by molar-refractivity contribution is 0.271. The van der Waals surface area contributed by atoms with Gasteiger partial charge in [-0.15, -0.1) is 0 Å².